The highest BCUT2D eigenvalue weighted by molar-refractivity contribution is 6.08. The summed E-state index contributed by atoms with van der Waals surface area (Å²) in [4.78, 5) is 23.6. The highest BCUT2D eigenvalue weighted by Gasteiger charge is 2.15. The van der Waals surface area contributed by atoms with Crippen molar-refractivity contribution in [1.29, 1.82) is 0 Å². The maximum Gasteiger partial charge on any atom is 0.419 e. The fourth-order valence-electron chi connectivity index (χ4n) is 1.97. The van der Waals surface area contributed by atoms with Crippen LogP contribution in [0.5, 0.6) is 0 Å². The number of benzene rings is 1. The summed E-state index contributed by atoms with van der Waals surface area (Å²) >= 11 is 0. The molecule has 0 saturated carbocycles. The van der Waals surface area contributed by atoms with E-state index in [4.69, 9.17) is 8.83 Å². The Bertz CT molecular complexity index is 835. The molecule has 3 rings (SSSR count). The summed E-state index contributed by atoms with van der Waals surface area (Å²) in [7, 11) is 1.62. The zero-order valence-electron chi connectivity index (χ0n) is 10.5. The molecule has 0 amide bonds. The number of carbonyl (C=O) groups excluding carboxylic acids is 1. The van der Waals surface area contributed by atoms with Gasteiger partial charge in [-0.25, -0.2) is 4.79 Å². The predicted molar refractivity (Wildman–Crippen MR) is 68.3 cm³/mol. The third-order valence-corrected chi connectivity index (χ3v) is 3.02. The summed E-state index contributed by atoms with van der Waals surface area (Å²) in [5.41, 5.74) is 1.47. The Morgan fingerprint density at radius 2 is 1.95 bits per heavy atom. The third kappa shape index (κ3) is 1.79. The van der Waals surface area contributed by atoms with Gasteiger partial charge in [0, 0.05) is 12.6 Å². The zero-order chi connectivity index (χ0) is 13.6. The van der Waals surface area contributed by atoms with Gasteiger partial charge in [0.15, 0.2) is 11.3 Å². The van der Waals surface area contributed by atoms with Crippen LogP contribution in [-0.2, 0) is 7.05 Å². The number of nitrogens with zero attached hydrogens (tertiary/aromatic N) is 1. The van der Waals surface area contributed by atoms with Crippen molar-refractivity contribution in [2.75, 3.05) is 0 Å². The van der Waals surface area contributed by atoms with Gasteiger partial charge in [-0.1, -0.05) is 0 Å². The lowest BCUT2D eigenvalue weighted by molar-refractivity contribution is 0.101. The molecule has 5 heteroatoms. The lowest BCUT2D eigenvalue weighted by Gasteiger charge is -1.98. The van der Waals surface area contributed by atoms with E-state index in [9.17, 15) is 9.59 Å². The van der Waals surface area contributed by atoms with Gasteiger partial charge in [0.25, 0.3) is 0 Å². The van der Waals surface area contributed by atoms with Crippen LogP contribution in [-0.4, -0.2) is 10.4 Å². The van der Waals surface area contributed by atoms with Crippen molar-refractivity contribution in [3.8, 4) is 0 Å². The van der Waals surface area contributed by atoms with Gasteiger partial charge in [0.05, 0.1) is 5.52 Å². The van der Waals surface area contributed by atoms with Gasteiger partial charge in [-0.3, -0.25) is 9.36 Å². The Kier molecular flexibility index (Phi) is 2.41. The monoisotopic (exact) mass is 257 g/mol. The summed E-state index contributed by atoms with van der Waals surface area (Å²) in [6, 6.07) is 8.25. The molecule has 0 aliphatic rings. The topological polar surface area (TPSA) is 65.3 Å². The molecule has 2 heterocycles. The molecular formula is C14H11NO4. The van der Waals surface area contributed by atoms with Crippen molar-refractivity contribution in [1.82, 2.24) is 4.57 Å². The number of fused-ring (bicyclic) bond motifs is 1. The molecule has 0 bridgehead atoms. The number of ketones is 1. The number of aromatic nitrogens is 1. The van der Waals surface area contributed by atoms with Crippen LogP contribution in [0.2, 0.25) is 0 Å². The second-order valence-electron chi connectivity index (χ2n) is 4.35. The van der Waals surface area contributed by atoms with E-state index in [-0.39, 0.29) is 11.5 Å². The van der Waals surface area contributed by atoms with Crippen molar-refractivity contribution in [3.05, 3.63) is 58.0 Å². The van der Waals surface area contributed by atoms with Gasteiger partial charge in [0.1, 0.15) is 5.76 Å². The quantitative estimate of drug-likeness (QED) is 0.660. The number of furan rings is 1. The van der Waals surface area contributed by atoms with E-state index in [2.05, 4.69) is 0 Å². The molecule has 0 spiro atoms. The van der Waals surface area contributed by atoms with E-state index in [0.717, 1.165) is 0 Å². The molecule has 0 aliphatic heterocycles. The number of aryl methyl sites for hydroxylation is 2. The van der Waals surface area contributed by atoms with Crippen LogP contribution in [0.25, 0.3) is 11.1 Å². The first-order valence-corrected chi connectivity index (χ1v) is 5.77. The van der Waals surface area contributed by atoms with Crippen molar-refractivity contribution in [2.24, 2.45) is 7.05 Å². The van der Waals surface area contributed by atoms with Crippen LogP contribution in [0, 0.1) is 6.92 Å². The predicted octanol–water partition coefficient (Wildman–Crippen LogP) is 2.26. The molecule has 1 aromatic carbocycles. The van der Waals surface area contributed by atoms with E-state index >= 15 is 0 Å². The van der Waals surface area contributed by atoms with Crippen molar-refractivity contribution >= 4 is 16.9 Å². The van der Waals surface area contributed by atoms with Gasteiger partial charge in [0.2, 0.25) is 5.78 Å². The van der Waals surface area contributed by atoms with Gasteiger partial charge in [-0.05, 0) is 37.3 Å². The Labute approximate surface area is 108 Å². The molecule has 96 valence electrons. The molecule has 3 aromatic rings. The number of hydrogen-bond acceptors (Lipinski definition) is 4. The highest BCUT2D eigenvalue weighted by Crippen LogP contribution is 2.18. The molecule has 0 atom stereocenters. The van der Waals surface area contributed by atoms with Crippen LogP contribution >= 0.6 is 0 Å². The van der Waals surface area contributed by atoms with E-state index in [0.29, 0.717) is 22.4 Å². The average Bonchev–Trinajstić information content (AvgIpc) is 2.94. The molecule has 0 fully saturated rings. The van der Waals surface area contributed by atoms with E-state index in [1.165, 1.54) is 4.57 Å². The summed E-state index contributed by atoms with van der Waals surface area (Å²) in [6.45, 7) is 1.77. The Balaban J connectivity index is 2.11. The second kappa shape index (κ2) is 3.98. The molecule has 0 saturated heterocycles. The minimum Gasteiger partial charge on any atom is -0.458 e. The summed E-state index contributed by atoms with van der Waals surface area (Å²) in [5.74, 6) is 0.265. The van der Waals surface area contributed by atoms with E-state index in [1.807, 2.05) is 0 Å². The molecule has 0 aliphatic carbocycles. The van der Waals surface area contributed by atoms with Crippen LogP contribution in [0.3, 0.4) is 0 Å². The first-order chi connectivity index (χ1) is 9.06. The van der Waals surface area contributed by atoms with Crippen LogP contribution in [0.1, 0.15) is 21.9 Å². The smallest absolute Gasteiger partial charge is 0.419 e. The summed E-state index contributed by atoms with van der Waals surface area (Å²) in [6.07, 6.45) is 0. The summed E-state index contributed by atoms with van der Waals surface area (Å²) < 4.78 is 11.7. The minimum absolute atomic E-state index is 0.235. The maximum atomic E-state index is 12.2. The SMILES string of the molecule is Cc1ccc(C(=O)c2ccc3c(c2)oc(=O)n3C)o1. The highest BCUT2D eigenvalue weighted by atomic mass is 16.4. The fourth-order valence-corrected chi connectivity index (χ4v) is 1.97. The van der Waals surface area contributed by atoms with Crippen LogP contribution in [0.15, 0.2) is 44.0 Å². The number of rotatable bonds is 2. The van der Waals surface area contributed by atoms with Crippen molar-refractivity contribution < 1.29 is 13.6 Å². The molecule has 0 radical (unpaired) electrons. The Morgan fingerprint density at radius 1 is 1.16 bits per heavy atom. The largest absolute Gasteiger partial charge is 0.458 e. The average molecular weight is 257 g/mol. The molecule has 5 nitrogen and oxygen atoms in total. The number of carbonyl (C=O) groups is 1. The second-order valence-corrected chi connectivity index (χ2v) is 4.35. The fraction of sp³-hybridized carbons (Fsp3) is 0.143. The molecule has 19 heavy (non-hydrogen) atoms. The van der Waals surface area contributed by atoms with Gasteiger partial charge in [-0.2, -0.15) is 0 Å². The maximum absolute atomic E-state index is 12.2. The third-order valence-electron chi connectivity index (χ3n) is 3.02. The zero-order valence-corrected chi connectivity index (χ0v) is 10.5. The standard InChI is InChI=1S/C14H11NO4/c1-8-3-6-11(18-8)13(16)9-4-5-10-12(7-9)19-14(17)15(10)2/h3-7H,1-2H3. The first kappa shape index (κ1) is 11.5. The molecule has 0 unspecified atom stereocenters. The number of oxazole rings is 1. The van der Waals surface area contributed by atoms with Gasteiger partial charge < -0.3 is 8.83 Å². The first-order valence-electron chi connectivity index (χ1n) is 5.77. The Hall–Kier alpha value is -2.56. The lowest BCUT2D eigenvalue weighted by atomic mass is 10.1. The minimum atomic E-state index is -0.451. The molecular weight excluding hydrogens is 246 g/mol. The van der Waals surface area contributed by atoms with Crippen LogP contribution < -0.4 is 5.76 Å². The van der Waals surface area contributed by atoms with Gasteiger partial charge >= 0.3 is 5.76 Å². The molecule has 2 aromatic heterocycles. The van der Waals surface area contributed by atoms with E-state index in [1.54, 1.807) is 44.3 Å². The normalized spacial score (nSPS) is 11.1. The van der Waals surface area contributed by atoms with Crippen molar-refractivity contribution in [3.63, 3.8) is 0 Å². The lowest BCUT2D eigenvalue weighted by Crippen LogP contribution is -2.08. The molecule has 0 N–H and O–H groups in total. The number of hydrogen-bond donors (Lipinski definition) is 0. The Morgan fingerprint density at radius 3 is 2.63 bits per heavy atom. The van der Waals surface area contributed by atoms with Crippen LogP contribution in [0.4, 0.5) is 0 Å². The summed E-state index contributed by atoms with van der Waals surface area (Å²) in [5, 5.41) is 0. The van der Waals surface area contributed by atoms with Gasteiger partial charge in [-0.15, -0.1) is 0 Å². The van der Waals surface area contributed by atoms with E-state index < -0.39 is 5.76 Å². The van der Waals surface area contributed by atoms with Crippen molar-refractivity contribution in [2.45, 2.75) is 6.92 Å².